The molecule has 0 spiro atoms. The third kappa shape index (κ3) is 6.58. The maximum atomic E-state index is 12.8. The second-order valence-corrected chi connectivity index (χ2v) is 7.98. The van der Waals surface area contributed by atoms with Crippen LogP contribution < -0.4 is 9.47 Å². The fourth-order valence-corrected chi connectivity index (χ4v) is 3.62. The van der Waals surface area contributed by atoms with Crippen LogP contribution in [0.3, 0.4) is 0 Å². The average Bonchev–Trinajstić information content (AvgIpc) is 2.75. The van der Waals surface area contributed by atoms with Gasteiger partial charge in [-0.15, -0.1) is 0 Å². The Hall–Kier alpha value is -2.36. The zero-order valence-corrected chi connectivity index (χ0v) is 18.9. The van der Waals surface area contributed by atoms with Crippen molar-refractivity contribution in [1.82, 2.24) is 0 Å². The Morgan fingerprint density at radius 3 is 1.47 bits per heavy atom. The molecule has 0 amide bonds. The lowest BCUT2D eigenvalue weighted by molar-refractivity contribution is -0.142. The smallest absolute Gasteiger partial charge is 0.314 e. The molecule has 0 saturated carbocycles. The van der Waals surface area contributed by atoms with E-state index >= 15 is 0 Å². The molecule has 30 heavy (non-hydrogen) atoms. The fourth-order valence-electron chi connectivity index (χ4n) is 3.62. The Balaban J connectivity index is 2.30. The Morgan fingerprint density at radius 1 is 0.733 bits per heavy atom. The lowest BCUT2D eigenvalue weighted by Crippen LogP contribution is -2.22. The van der Waals surface area contributed by atoms with Gasteiger partial charge in [-0.1, -0.05) is 77.6 Å². The van der Waals surface area contributed by atoms with Gasteiger partial charge in [0.2, 0.25) is 0 Å². The number of unbranched alkanes of at least 4 members (excludes halogenated alkanes) is 2. The third-order valence-corrected chi connectivity index (χ3v) is 5.70. The molecule has 2 aromatic carbocycles. The fraction of sp³-hybridized carbons (Fsp3) is 0.538. The molecule has 0 aliphatic rings. The van der Waals surface area contributed by atoms with Crippen molar-refractivity contribution < 1.29 is 19.1 Å². The predicted octanol–water partition coefficient (Wildman–Crippen LogP) is 7.08. The van der Waals surface area contributed by atoms with Crippen molar-refractivity contribution in [2.24, 2.45) is 11.8 Å². The van der Waals surface area contributed by atoms with E-state index in [0.29, 0.717) is 11.5 Å². The Morgan fingerprint density at radius 2 is 1.13 bits per heavy atom. The van der Waals surface area contributed by atoms with Gasteiger partial charge in [0.05, 0.1) is 11.8 Å². The minimum absolute atomic E-state index is 0.145. The quantitative estimate of drug-likeness (QED) is 0.276. The molecule has 2 aromatic rings. The van der Waals surface area contributed by atoms with Gasteiger partial charge in [-0.05, 0) is 48.6 Å². The first-order valence-electron chi connectivity index (χ1n) is 11.5. The van der Waals surface area contributed by atoms with Crippen LogP contribution in [-0.2, 0) is 9.59 Å². The molecule has 0 radical (unpaired) electrons. The summed E-state index contributed by atoms with van der Waals surface area (Å²) in [6.45, 7) is 8.23. The molecule has 164 valence electrons. The molecule has 0 aromatic heterocycles. The number of carbonyl (C=O) groups is 2. The second-order valence-electron chi connectivity index (χ2n) is 7.98. The first-order valence-corrected chi connectivity index (χ1v) is 11.5. The summed E-state index contributed by atoms with van der Waals surface area (Å²) in [6.07, 6.45) is 7.14. The van der Waals surface area contributed by atoms with Crippen LogP contribution in [0.15, 0.2) is 36.4 Å². The Kier molecular flexibility index (Phi) is 9.85. The Labute approximate surface area is 181 Å². The highest BCUT2D eigenvalue weighted by Crippen LogP contribution is 2.34. The highest BCUT2D eigenvalue weighted by Gasteiger charge is 2.23. The van der Waals surface area contributed by atoms with Crippen molar-refractivity contribution in [2.45, 2.75) is 79.1 Å². The van der Waals surface area contributed by atoms with Crippen LogP contribution in [-0.4, -0.2) is 11.9 Å². The number of hydrogen-bond donors (Lipinski definition) is 0. The van der Waals surface area contributed by atoms with E-state index in [2.05, 4.69) is 13.8 Å². The molecule has 0 N–H and O–H groups in total. The first-order chi connectivity index (χ1) is 14.5. The van der Waals surface area contributed by atoms with E-state index < -0.39 is 0 Å². The zero-order valence-electron chi connectivity index (χ0n) is 18.9. The molecular weight excluding hydrogens is 376 g/mol. The van der Waals surface area contributed by atoms with Gasteiger partial charge in [0.1, 0.15) is 0 Å². The molecule has 0 heterocycles. The summed E-state index contributed by atoms with van der Waals surface area (Å²) >= 11 is 0. The van der Waals surface area contributed by atoms with Crippen LogP contribution >= 0.6 is 0 Å². The van der Waals surface area contributed by atoms with Gasteiger partial charge < -0.3 is 9.47 Å². The topological polar surface area (TPSA) is 52.6 Å². The standard InChI is InChI=1S/C26H36O4/c1-5-9-13-19(7-3)25(27)29-23-17-21-15-11-12-16-22(21)18-24(23)30-26(28)20(8-4)14-10-6-2/h11-12,15-20H,5-10,13-14H2,1-4H3. The summed E-state index contributed by atoms with van der Waals surface area (Å²) in [5, 5.41) is 1.89. The number of carbonyl (C=O) groups excluding carboxylic acids is 2. The summed E-state index contributed by atoms with van der Waals surface area (Å²) in [4.78, 5) is 25.6. The molecular formula is C26H36O4. The number of hydrogen-bond acceptors (Lipinski definition) is 4. The van der Waals surface area contributed by atoms with E-state index in [9.17, 15) is 9.59 Å². The highest BCUT2D eigenvalue weighted by molar-refractivity contribution is 5.89. The van der Waals surface area contributed by atoms with Gasteiger partial charge >= 0.3 is 11.9 Å². The van der Waals surface area contributed by atoms with Crippen LogP contribution in [0.2, 0.25) is 0 Å². The van der Waals surface area contributed by atoms with Crippen LogP contribution in [0.5, 0.6) is 11.5 Å². The molecule has 2 rings (SSSR count). The number of fused-ring (bicyclic) bond motifs is 1. The molecule has 0 saturated heterocycles. The molecule has 4 heteroatoms. The van der Waals surface area contributed by atoms with Crippen molar-refractivity contribution in [3.05, 3.63) is 36.4 Å². The van der Waals surface area contributed by atoms with Gasteiger partial charge in [0.25, 0.3) is 0 Å². The lowest BCUT2D eigenvalue weighted by atomic mass is 9.99. The van der Waals surface area contributed by atoms with Crippen molar-refractivity contribution in [2.75, 3.05) is 0 Å². The average molecular weight is 413 g/mol. The Bertz CT molecular complexity index is 758. The predicted molar refractivity (Wildman–Crippen MR) is 122 cm³/mol. The third-order valence-electron chi connectivity index (χ3n) is 5.70. The van der Waals surface area contributed by atoms with E-state index in [1.807, 2.05) is 38.1 Å². The summed E-state index contributed by atoms with van der Waals surface area (Å²) in [7, 11) is 0. The first kappa shape index (κ1) is 23.9. The number of esters is 2. The SMILES string of the molecule is CCCCC(CC)C(=O)Oc1cc2ccccc2cc1OC(=O)C(CC)CCCC. The molecule has 4 nitrogen and oxygen atoms in total. The molecule has 0 aliphatic heterocycles. The van der Waals surface area contributed by atoms with Gasteiger partial charge in [-0.2, -0.15) is 0 Å². The summed E-state index contributed by atoms with van der Waals surface area (Å²) in [6, 6.07) is 11.4. The van der Waals surface area contributed by atoms with Crippen molar-refractivity contribution >= 4 is 22.7 Å². The summed E-state index contributed by atoms with van der Waals surface area (Å²) in [5.41, 5.74) is 0. The monoisotopic (exact) mass is 412 g/mol. The van der Waals surface area contributed by atoms with Gasteiger partial charge in [0.15, 0.2) is 11.5 Å². The summed E-state index contributed by atoms with van der Waals surface area (Å²) < 4.78 is 11.6. The molecule has 0 bridgehead atoms. The van der Waals surface area contributed by atoms with Gasteiger partial charge in [-0.25, -0.2) is 0 Å². The zero-order chi connectivity index (χ0) is 21.9. The number of ether oxygens (including phenoxy) is 2. The van der Waals surface area contributed by atoms with Crippen LogP contribution in [0.4, 0.5) is 0 Å². The van der Waals surface area contributed by atoms with Crippen LogP contribution in [0.25, 0.3) is 10.8 Å². The second kappa shape index (κ2) is 12.4. The largest absolute Gasteiger partial charge is 0.422 e. The van der Waals surface area contributed by atoms with Crippen molar-refractivity contribution in [3.63, 3.8) is 0 Å². The van der Waals surface area contributed by atoms with Crippen LogP contribution in [0, 0.1) is 11.8 Å². The molecule has 0 aliphatic carbocycles. The minimum Gasteiger partial charge on any atom is -0.422 e. The van der Waals surface area contributed by atoms with E-state index in [0.717, 1.165) is 62.1 Å². The normalized spacial score (nSPS) is 13.1. The van der Waals surface area contributed by atoms with Crippen LogP contribution in [0.1, 0.15) is 79.1 Å². The maximum absolute atomic E-state index is 12.8. The molecule has 0 fully saturated rings. The van der Waals surface area contributed by atoms with Crippen molar-refractivity contribution in [3.8, 4) is 11.5 Å². The highest BCUT2D eigenvalue weighted by atomic mass is 16.6. The van der Waals surface area contributed by atoms with Crippen molar-refractivity contribution in [1.29, 1.82) is 0 Å². The number of benzene rings is 2. The van der Waals surface area contributed by atoms with E-state index in [1.54, 1.807) is 12.1 Å². The molecule has 2 unspecified atom stereocenters. The molecule has 2 atom stereocenters. The van der Waals surface area contributed by atoms with E-state index in [1.165, 1.54) is 0 Å². The van der Waals surface area contributed by atoms with E-state index in [-0.39, 0.29) is 23.8 Å². The summed E-state index contributed by atoms with van der Waals surface area (Å²) in [5.74, 6) is -0.145. The minimum atomic E-state index is -0.253. The lowest BCUT2D eigenvalue weighted by Gasteiger charge is -2.18. The van der Waals surface area contributed by atoms with Gasteiger partial charge in [-0.3, -0.25) is 9.59 Å². The van der Waals surface area contributed by atoms with E-state index in [4.69, 9.17) is 9.47 Å². The van der Waals surface area contributed by atoms with Gasteiger partial charge in [0, 0.05) is 0 Å². The number of rotatable bonds is 12. The maximum Gasteiger partial charge on any atom is 0.314 e.